The molecular weight excluding hydrogens is 505 g/mol. The number of rotatable bonds is 6. The van der Waals surface area contributed by atoms with Gasteiger partial charge in [0.2, 0.25) is 17.6 Å². The predicted molar refractivity (Wildman–Crippen MR) is 128 cm³/mol. The highest BCUT2D eigenvalue weighted by Gasteiger charge is 2.42. The van der Waals surface area contributed by atoms with Gasteiger partial charge in [0.05, 0.1) is 6.42 Å². The minimum atomic E-state index is -4.90. The van der Waals surface area contributed by atoms with Gasteiger partial charge in [-0.05, 0) is 46.8 Å². The second-order valence-electron chi connectivity index (χ2n) is 8.45. The van der Waals surface area contributed by atoms with Crippen molar-refractivity contribution in [3.63, 3.8) is 0 Å². The van der Waals surface area contributed by atoms with Crippen LogP contribution in [-0.2, 0) is 17.4 Å². The van der Waals surface area contributed by atoms with E-state index in [1.165, 1.54) is 12.1 Å². The number of halogens is 3. The molecule has 11 nitrogen and oxygen atoms in total. The lowest BCUT2D eigenvalue weighted by molar-refractivity contribution is -0.153. The van der Waals surface area contributed by atoms with Crippen LogP contribution >= 0.6 is 0 Å². The molecule has 1 aliphatic rings. The number of tetrazole rings is 1. The standard InChI is InChI=1S/C24H21F3N8O3/c25-24(26,27)21-20(29-23(38-21)15-4-2-1-3-5-15)22(37)28-16-6-8-17(9-7-16)34-10-12-35(13-11-34)19(36)14-18-30-32-33-31-18/h1-9H,10-14H2,(H,28,37)(H,30,31,32,33). The highest BCUT2D eigenvalue weighted by atomic mass is 19.4. The van der Waals surface area contributed by atoms with Gasteiger partial charge in [0, 0.05) is 43.1 Å². The van der Waals surface area contributed by atoms with Crippen LogP contribution in [0.2, 0.25) is 0 Å². The Morgan fingerprint density at radius 3 is 2.34 bits per heavy atom. The Kier molecular flexibility index (Phi) is 6.77. The highest BCUT2D eigenvalue weighted by molar-refractivity contribution is 6.04. The largest absolute Gasteiger partial charge is 0.452 e. The molecule has 0 unspecified atom stereocenters. The number of nitrogens with one attached hydrogen (secondary N) is 2. The van der Waals surface area contributed by atoms with E-state index in [2.05, 4.69) is 35.8 Å². The molecule has 0 atom stereocenters. The summed E-state index contributed by atoms with van der Waals surface area (Å²) in [7, 11) is 0. The van der Waals surface area contributed by atoms with E-state index in [9.17, 15) is 22.8 Å². The number of anilines is 2. The third kappa shape index (κ3) is 5.48. The molecule has 2 amide bonds. The number of amides is 2. The molecule has 0 aliphatic carbocycles. The maximum Gasteiger partial charge on any atom is 0.452 e. The molecule has 1 aliphatic heterocycles. The maximum absolute atomic E-state index is 13.6. The highest BCUT2D eigenvalue weighted by Crippen LogP contribution is 2.35. The Bertz CT molecular complexity index is 1400. The zero-order valence-electron chi connectivity index (χ0n) is 19.8. The summed E-state index contributed by atoms with van der Waals surface area (Å²) in [6.45, 7) is 2.19. The maximum atomic E-state index is 13.6. The van der Waals surface area contributed by atoms with Crippen LogP contribution in [0.15, 0.2) is 59.0 Å². The molecule has 0 saturated carbocycles. The average Bonchev–Trinajstić information content (AvgIpc) is 3.60. The smallest absolute Gasteiger partial charge is 0.431 e. The molecule has 1 saturated heterocycles. The van der Waals surface area contributed by atoms with Gasteiger partial charge < -0.3 is 19.5 Å². The molecule has 0 spiro atoms. The molecule has 1 fully saturated rings. The number of nitrogens with zero attached hydrogens (tertiary/aromatic N) is 6. The molecule has 0 radical (unpaired) electrons. The topological polar surface area (TPSA) is 133 Å². The molecule has 5 rings (SSSR count). The van der Waals surface area contributed by atoms with Crippen molar-refractivity contribution >= 4 is 23.2 Å². The van der Waals surface area contributed by atoms with Crippen LogP contribution in [0.5, 0.6) is 0 Å². The molecule has 0 bridgehead atoms. The van der Waals surface area contributed by atoms with Gasteiger partial charge in [-0.2, -0.15) is 13.2 Å². The van der Waals surface area contributed by atoms with Crippen molar-refractivity contribution in [3.8, 4) is 11.5 Å². The van der Waals surface area contributed by atoms with Crippen LogP contribution in [0.1, 0.15) is 22.1 Å². The Balaban J connectivity index is 1.22. The van der Waals surface area contributed by atoms with E-state index < -0.39 is 23.5 Å². The summed E-state index contributed by atoms with van der Waals surface area (Å²) in [5.41, 5.74) is 0.615. The van der Waals surface area contributed by atoms with Crippen LogP contribution in [0.4, 0.5) is 24.5 Å². The molecule has 38 heavy (non-hydrogen) atoms. The van der Waals surface area contributed by atoms with Gasteiger partial charge in [-0.15, -0.1) is 5.10 Å². The first kappa shape index (κ1) is 24.9. The molecule has 4 aromatic rings. The number of hydrogen-bond donors (Lipinski definition) is 2. The number of alkyl halides is 3. The second kappa shape index (κ2) is 10.3. The van der Waals surface area contributed by atoms with Crippen molar-refractivity contribution in [2.24, 2.45) is 0 Å². The van der Waals surface area contributed by atoms with Crippen LogP contribution in [-0.4, -0.2) is 68.5 Å². The molecular formula is C24H21F3N8O3. The summed E-state index contributed by atoms with van der Waals surface area (Å²) in [5.74, 6) is -2.47. The van der Waals surface area contributed by atoms with E-state index in [-0.39, 0.29) is 18.2 Å². The third-order valence-electron chi connectivity index (χ3n) is 5.95. The van der Waals surface area contributed by atoms with Gasteiger partial charge in [0.15, 0.2) is 11.5 Å². The van der Waals surface area contributed by atoms with Crippen molar-refractivity contribution in [3.05, 3.63) is 71.9 Å². The van der Waals surface area contributed by atoms with E-state index in [1.807, 2.05) is 0 Å². The fourth-order valence-electron chi connectivity index (χ4n) is 4.04. The van der Waals surface area contributed by atoms with Crippen molar-refractivity contribution in [2.45, 2.75) is 12.6 Å². The van der Waals surface area contributed by atoms with E-state index >= 15 is 0 Å². The first-order valence-corrected chi connectivity index (χ1v) is 11.6. The number of piperazine rings is 1. The molecule has 3 heterocycles. The van der Waals surface area contributed by atoms with Crippen LogP contribution in [0, 0.1) is 0 Å². The quantitative estimate of drug-likeness (QED) is 0.392. The monoisotopic (exact) mass is 526 g/mol. The van der Waals surface area contributed by atoms with Gasteiger partial charge >= 0.3 is 6.18 Å². The van der Waals surface area contributed by atoms with E-state index in [0.29, 0.717) is 43.3 Å². The fraction of sp³-hybridized carbons (Fsp3) is 0.250. The van der Waals surface area contributed by atoms with Gasteiger partial charge in [0.1, 0.15) is 0 Å². The van der Waals surface area contributed by atoms with E-state index in [0.717, 1.165) is 5.69 Å². The van der Waals surface area contributed by atoms with E-state index in [4.69, 9.17) is 4.42 Å². The van der Waals surface area contributed by atoms with Crippen molar-refractivity contribution in [1.82, 2.24) is 30.5 Å². The van der Waals surface area contributed by atoms with Crippen LogP contribution in [0.25, 0.3) is 11.5 Å². The van der Waals surface area contributed by atoms with Gasteiger partial charge in [-0.1, -0.05) is 18.2 Å². The number of hydrogen-bond acceptors (Lipinski definition) is 8. The lowest BCUT2D eigenvalue weighted by Crippen LogP contribution is -2.49. The number of aromatic amines is 1. The average molecular weight is 526 g/mol. The van der Waals surface area contributed by atoms with Gasteiger partial charge in [-0.3, -0.25) is 9.59 Å². The molecule has 2 N–H and O–H groups in total. The van der Waals surface area contributed by atoms with Crippen molar-refractivity contribution in [1.29, 1.82) is 0 Å². The predicted octanol–water partition coefficient (Wildman–Crippen LogP) is 3.02. The van der Waals surface area contributed by atoms with Gasteiger partial charge in [-0.25, -0.2) is 10.1 Å². The molecule has 14 heteroatoms. The lowest BCUT2D eigenvalue weighted by atomic mass is 10.2. The number of carbonyl (C=O) groups is 2. The Labute approximate surface area is 213 Å². The molecule has 196 valence electrons. The summed E-state index contributed by atoms with van der Waals surface area (Å²) in [4.78, 5) is 32.8. The van der Waals surface area contributed by atoms with Crippen LogP contribution in [0.3, 0.4) is 0 Å². The Morgan fingerprint density at radius 2 is 1.71 bits per heavy atom. The number of H-pyrrole nitrogens is 1. The lowest BCUT2D eigenvalue weighted by Gasteiger charge is -2.36. The number of carbonyl (C=O) groups excluding carboxylic acids is 2. The van der Waals surface area contributed by atoms with Crippen molar-refractivity contribution in [2.75, 3.05) is 36.4 Å². The molecule has 2 aromatic carbocycles. The summed E-state index contributed by atoms with van der Waals surface area (Å²) in [5, 5.41) is 15.7. The fourth-order valence-corrected chi connectivity index (χ4v) is 4.04. The first-order chi connectivity index (χ1) is 18.3. The normalized spacial score (nSPS) is 14.0. The summed E-state index contributed by atoms with van der Waals surface area (Å²) < 4.78 is 45.6. The second-order valence-corrected chi connectivity index (χ2v) is 8.45. The van der Waals surface area contributed by atoms with Crippen LogP contribution < -0.4 is 10.2 Å². The minimum absolute atomic E-state index is 0.0808. The summed E-state index contributed by atoms with van der Waals surface area (Å²) in [6.07, 6.45) is -4.80. The number of oxazole rings is 1. The molecule has 2 aromatic heterocycles. The van der Waals surface area contributed by atoms with Crippen molar-refractivity contribution < 1.29 is 27.2 Å². The zero-order chi connectivity index (χ0) is 26.7. The number of benzene rings is 2. The Morgan fingerprint density at radius 1 is 1.00 bits per heavy atom. The first-order valence-electron chi connectivity index (χ1n) is 11.6. The summed E-state index contributed by atoms with van der Waals surface area (Å²) >= 11 is 0. The third-order valence-corrected chi connectivity index (χ3v) is 5.95. The SMILES string of the molecule is O=C(Nc1ccc(N2CCN(C(=O)Cc3nnn[nH]3)CC2)cc1)c1nc(-c2ccccc2)oc1C(F)(F)F. The Hall–Kier alpha value is -4.75. The minimum Gasteiger partial charge on any atom is -0.431 e. The zero-order valence-corrected chi connectivity index (χ0v) is 19.8. The van der Waals surface area contributed by atoms with Gasteiger partial charge in [0.25, 0.3) is 5.91 Å². The summed E-state index contributed by atoms with van der Waals surface area (Å²) in [6, 6.07) is 14.7. The number of aromatic nitrogens is 5. The van der Waals surface area contributed by atoms with E-state index in [1.54, 1.807) is 47.4 Å².